The van der Waals surface area contributed by atoms with Crippen molar-refractivity contribution in [3.63, 3.8) is 0 Å². The number of hydrogen-bond acceptors (Lipinski definition) is 2. The minimum absolute atomic E-state index is 0.186. The third-order valence-electron chi connectivity index (χ3n) is 3.63. The van der Waals surface area contributed by atoms with Crippen molar-refractivity contribution in [3.8, 4) is 0 Å². The summed E-state index contributed by atoms with van der Waals surface area (Å²) in [5.41, 5.74) is 2.74. The lowest BCUT2D eigenvalue weighted by Gasteiger charge is -2.28. The van der Waals surface area contributed by atoms with Gasteiger partial charge in [0.15, 0.2) is 0 Å². The highest BCUT2D eigenvalue weighted by molar-refractivity contribution is 9.10. The third-order valence-corrected chi connectivity index (χ3v) is 6.64. The number of benzene rings is 2. The lowest BCUT2D eigenvalue weighted by atomic mass is 10.1. The van der Waals surface area contributed by atoms with Crippen LogP contribution in [0.5, 0.6) is 0 Å². The Morgan fingerprint density at radius 2 is 1.79 bits per heavy atom. The van der Waals surface area contributed by atoms with Crippen molar-refractivity contribution in [2.45, 2.75) is 32.6 Å². The van der Waals surface area contributed by atoms with E-state index in [2.05, 4.69) is 15.9 Å². The van der Waals surface area contributed by atoms with Crippen LogP contribution in [0, 0.1) is 19.8 Å². The van der Waals surface area contributed by atoms with E-state index in [0.29, 0.717) is 21.7 Å². The van der Waals surface area contributed by atoms with Gasteiger partial charge in [-0.15, -0.1) is 0 Å². The Labute approximate surface area is 157 Å². The fraction of sp³-hybridized carbons (Fsp3) is 0.333. The van der Waals surface area contributed by atoms with Gasteiger partial charge in [-0.3, -0.25) is 4.31 Å². The van der Waals surface area contributed by atoms with E-state index >= 15 is 0 Å². The maximum absolute atomic E-state index is 13.2. The molecule has 0 bridgehead atoms. The van der Waals surface area contributed by atoms with Crippen LogP contribution in [0.4, 0.5) is 5.69 Å². The highest BCUT2D eigenvalue weighted by atomic mass is 79.9. The molecule has 0 heterocycles. The van der Waals surface area contributed by atoms with Crippen LogP contribution in [0.15, 0.2) is 45.8 Å². The molecule has 130 valence electrons. The molecule has 2 aromatic carbocycles. The summed E-state index contributed by atoms with van der Waals surface area (Å²) in [6.45, 7) is 8.33. The zero-order valence-corrected chi connectivity index (χ0v) is 17.3. The van der Waals surface area contributed by atoms with Gasteiger partial charge in [-0.25, -0.2) is 8.42 Å². The summed E-state index contributed by atoms with van der Waals surface area (Å²) in [5.74, 6) is 0.186. The number of hydrogen-bond donors (Lipinski definition) is 0. The number of rotatable bonds is 5. The highest BCUT2D eigenvalue weighted by Gasteiger charge is 2.27. The van der Waals surface area contributed by atoms with Crippen molar-refractivity contribution in [1.29, 1.82) is 0 Å². The summed E-state index contributed by atoms with van der Waals surface area (Å²) in [5, 5.41) is 0.376. The number of nitrogens with zero attached hydrogens (tertiary/aromatic N) is 1. The number of aryl methyl sites for hydroxylation is 2. The van der Waals surface area contributed by atoms with Gasteiger partial charge in [-0.2, -0.15) is 0 Å². The van der Waals surface area contributed by atoms with Gasteiger partial charge in [0.1, 0.15) is 0 Å². The van der Waals surface area contributed by atoms with Crippen LogP contribution in [0.2, 0.25) is 5.02 Å². The first-order valence-electron chi connectivity index (χ1n) is 7.68. The number of sulfonamides is 1. The smallest absolute Gasteiger partial charge is 0.264 e. The maximum Gasteiger partial charge on any atom is 0.264 e. The Hall–Kier alpha value is -1.04. The third kappa shape index (κ3) is 4.13. The molecule has 0 unspecified atom stereocenters. The molecule has 0 aliphatic heterocycles. The Morgan fingerprint density at radius 1 is 1.12 bits per heavy atom. The minimum Gasteiger partial charge on any atom is -0.266 e. The normalized spacial score (nSPS) is 11.8. The lowest BCUT2D eigenvalue weighted by molar-refractivity contribution is 0.577. The van der Waals surface area contributed by atoms with Crippen LogP contribution in [0.1, 0.15) is 25.0 Å². The minimum atomic E-state index is -3.70. The van der Waals surface area contributed by atoms with Crippen LogP contribution in [0.3, 0.4) is 0 Å². The molecule has 6 heteroatoms. The predicted octanol–water partition coefficient (Wildman–Crippen LogP) is 5.57. The van der Waals surface area contributed by atoms with E-state index in [0.717, 1.165) is 11.1 Å². The molecule has 0 saturated carbocycles. The Bertz CT molecular complexity index is 850. The van der Waals surface area contributed by atoms with Gasteiger partial charge in [0.25, 0.3) is 10.0 Å². The SMILES string of the molecule is Cc1ccc(N(CC(C)C)S(=O)(=O)c2ccc(Br)c(Cl)c2)c(C)c1. The summed E-state index contributed by atoms with van der Waals surface area (Å²) in [7, 11) is -3.70. The first-order chi connectivity index (χ1) is 11.1. The fourth-order valence-electron chi connectivity index (χ4n) is 2.51. The fourth-order valence-corrected chi connectivity index (χ4v) is 4.72. The maximum atomic E-state index is 13.2. The van der Waals surface area contributed by atoms with E-state index in [1.165, 1.54) is 10.4 Å². The first kappa shape index (κ1) is 19.3. The van der Waals surface area contributed by atoms with Crippen molar-refractivity contribution in [3.05, 3.63) is 57.0 Å². The quantitative estimate of drug-likeness (QED) is 0.622. The summed E-state index contributed by atoms with van der Waals surface area (Å²) in [6, 6.07) is 10.5. The van der Waals surface area contributed by atoms with Gasteiger partial charge in [-0.05, 0) is 65.5 Å². The van der Waals surface area contributed by atoms with E-state index < -0.39 is 10.0 Å². The molecule has 0 fully saturated rings. The van der Waals surface area contributed by atoms with Crippen LogP contribution >= 0.6 is 27.5 Å². The molecular formula is C18H21BrClNO2S. The van der Waals surface area contributed by atoms with E-state index in [9.17, 15) is 8.42 Å². The van der Waals surface area contributed by atoms with Crippen molar-refractivity contribution in [2.24, 2.45) is 5.92 Å². The highest BCUT2D eigenvalue weighted by Crippen LogP contribution is 2.31. The average molecular weight is 431 g/mol. The second kappa shape index (κ2) is 7.46. The monoisotopic (exact) mass is 429 g/mol. The summed E-state index contributed by atoms with van der Waals surface area (Å²) < 4.78 is 28.6. The molecule has 0 aliphatic rings. The van der Waals surface area contributed by atoms with Crippen molar-refractivity contribution < 1.29 is 8.42 Å². The van der Waals surface area contributed by atoms with Gasteiger partial charge in [0.2, 0.25) is 0 Å². The molecule has 0 radical (unpaired) electrons. The van der Waals surface area contributed by atoms with Crippen molar-refractivity contribution >= 4 is 43.2 Å². The second-order valence-corrected chi connectivity index (χ2v) is 9.42. The zero-order valence-electron chi connectivity index (χ0n) is 14.2. The average Bonchev–Trinajstić information content (AvgIpc) is 2.48. The van der Waals surface area contributed by atoms with Gasteiger partial charge >= 0.3 is 0 Å². The zero-order chi connectivity index (χ0) is 18.1. The first-order valence-corrected chi connectivity index (χ1v) is 10.3. The van der Waals surface area contributed by atoms with E-state index in [1.807, 2.05) is 45.9 Å². The predicted molar refractivity (Wildman–Crippen MR) is 104 cm³/mol. The van der Waals surface area contributed by atoms with E-state index in [1.54, 1.807) is 12.1 Å². The molecule has 0 amide bonds. The van der Waals surface area contributed by atoms with Crippen LogP contribution in [0.25, 0.3) is 0 Å². The molecule has 0 aliphatic carbocycles. The van der Waals surface area contributed by atoms with Gasteiger partial charge in [0.05, 0.1) is 15.6 Å². The molecule has 3 nitrogen and oxygen atoms in total. The van der Waals surface area contributed by atoms with Crippen molar-refractivity contribution in [2.75, 3.05) is 10.8 Å². The molecule has 0 saturated heterocycles. The second-order valence-electron chi connectivity index (χ2n) is 6.30. The molecule has 24 heavy (non-hydrogen) atoms. The molecule has 2 aromatic rings. The molecule has 0 spiro atoms. The van der Waals surface area contributed by atoms with Crippen LogP contribution in [-0.2, 0) is 10.0 Å². The topological polar surface area (TPSA) is 37.4 Å². The van der Waals surface area contributed by atoms with E-state index in [-0.39, 0.29) is 10.8 Å². The number of anilines is 1. The molecule has 0 aromatic heterocycles. The largest absolute Gasteiger partial charge is 0.266 e. The van der Waals surface area contributed by atoms with Crippen LogP contribution in [-0.4, -0.2) is 15.0 Å². The molecular weight excluding hydrogens is 410 g/mol. The Morgan fingerprint density at radius 3 is 2.33 bits per heavy atom. The summed E-state index contributed by atoms with van der Waals surface area (Å²) in [4.78, 5) is 0.191. The molecule has 0 N–H and O–H groups in total. The van der Waals surface area contributed by atoms with Crippen LogP contribution < -0.4 is 4.31 Å². The van der Waals surface area contributed by atoms with Gasteiger partial charge in [-0.1, -0.05) is 43.1 Å². The number of halogens is 2. The van der Waals surface area contributed by atoms with E-state index in [4.69, 9.17) is 11.6 Å². The molecule has 0 atom stereocenters. The standard InChI is InChI=1S/C18H21BrClNO2S/c1-12(2)11-21(18-8-5-13(3)9-14(18)4)24(22,23)15-6-7-16(19)17(20)10-15/h5-10,12H,11H2,1-4H3. The summed E-state index contributed by atoms with van der Waals surface area (Å²) in [6.07, 6.45) is 0. The Kier molecular flexibility index (Phi) is 6.00. The molecule has 2 rings (SSSR count). The van der Waals surface area contributed by atoms with Gasteiger partial charge in [0, 0.05) is 11.0 Å². The van der Waals surface area contributed by atoms with Gasteiger partial charge < -0.3 is 0 Å². The van der Waals surface area contributed by atoms with Crippen molar-refractivity contribution in [1.82, 2.24) is 0 Å². The Balaban J connectivity index is 2.59. The lowest BCUT2D eigenvalue weighted by Crippen LogP contribution is -2.34. The summed E-state index contributed by atoms with van der Waals surface area (Å²) >= 11 is 9.40.